The van der Waals surface area contributed by atoms with Crippen LogP contribution in [0.3, 0.4) is 0 Å². The van der Waals surface area contributed by atoms with E-state index in [1.54, 1.807) is 30.5 Å². The molecule has 2 aromatic rings. The molecule has 1 heterocycles. The van der Waals surface area contributed by atoms with Crippen molar-refractivity contribution in [2.45, 2.75) is 19.1 Å². The van der Waals surface area contributed by atoms with Gasteiger partial charge in [0, 0.05) is 11.1 Å². The Kier molecular flexibility index (Phi) is 3.71. The molecule has 2 rings (SSSR count). The third kappa shape index (κ3) is 3.02. The van der Waals surface area contributed by atoms with Gasteiger partial charge in [-0.3, -0.25) is 0 Å². The largest absolute Gasteiger partial charge is 0.481 e. The van der Waals surface area contributed by atoms with Crippen molar-refractivity contribution < 1.29 is 9.15 Å². The number of benzene rings is 1. The summed E-state index contributed by atoms with van der Waals surface area (Å²) in [7, 11) is 0. The number of halogens is 1. The van der Waals surface area contributed by atoms with Gasteiger partial charge in [-0.1, -0.05) is 11.6 Å². The number of nitrogens with two attached hydrogens (primary N) is 1. The van der Waals surface area contributed by atoms with Gasteiger partial charge >= 0.3 is 0 Å². The average molecular weight is 252 g/mol. The monoisotopic (exact) mass is 251 g/mol. The molecule has 0 aliphatic carbocycles. The predicted octanol–water partition coefficient (Wildman–Crippen LogP) is 3.40. The van der Waals surface area contributed by atoms with Gasteiger partial charge in [0.25, 0.3) is 0 Å². The SMILES string of the molecule is CC(N)C(Oc1ccc(Cl)cc1)c1ccco1. The number of ether oxygens (including phenoxy) is 1. The average Bonchev–Trinajstić information content (AvgIpc) is 2.81. The third-order valence-corrected chi connectivity index (χ3v) is 2.63. The summed E-state index contributed by atoms with van der Waals surface area (Å²) in [6.45, 7) is 1.88. The van der Waals surface area contributed by atoms with Crippen LogP contribution < -0.4 is 10.5 Å². The molecule has 2 unspecified atom stereocenters. The quantitative estimate of drug-likeness (QED) is 0.906. The fourth-order valence-electron chi connectivity index (χ4n) is 1.54. The number of furan rings is 1. The first-order chi connectivity index (χ1) is 8.16. The molecule has 1 aromatic heterocycles. The van der Waals surface area contributed by atoms with Crippen LogP contribution in [0.1, 0.15) is 18.8 Å². The molecule has 0 saturated carbocycles. The van der Waals surface area contributed by atoms with Crippen LogP contribution in [-0.2, 0) is 0 Å². The molecular formula is C13H14ClNO2. The minimum absolute atomic E-state index is 0.170. The zero-order chi connectivity index (χ0) is 12.3. The second-order valence-electron chi connectivity index (χ2n) is 3.87. The molecule has 0 saturated heterocycles. The lowest BCUT2D eigenvalue weighted by atomic mass is 10.1. The summed E-state index contributed by atoms with van der Waals surface area (Å²) < 4.78 is 11.1. The highest BCUT2D eigenvalue weighted by Crippen LogP contribution is 2.25. The molecule has 0 aliphatic heterocycles. The van der Waals surface area contributed by atoms with Crippen LogP contribution in [0.25, 0.3) is 0 Å². The number of hydrogen-bond donors (Lipinski definition) is 1. The molecule has 0 bridgehead atoms. The van der Waals surface area contributed by atoms with Crippen molar-refractivity contribution in [2.24, 2.45) is 5.73 Å². The summed E-state index contributed by atoms with van der Waals surface area (Å²) in [5.74, 6) is 1.43. The Morgan fingerprint density at radius 1 is 1.24 bits per heavy atom. The lowest BCUT2D eigenvalue weighted by Crippen LogP contribution is -2.28. The molecule has 0 radical (unpaired) electrons. The summed E-state index contributed by atoms with van der Waals surface area (Å²) in [6.07, 6.45) is 1.31. The highest BCUT2D eigenvalue weighted by Gasteiger charge is 2.20. The molecule has 4 heteroatoms. The van der Waals surface area contributed by atoms with Crippen LogP contribution in [0.5, 0.6) is 5.75 Å². The lowest BCUT2D eigenvalue weighted by Gasteiger charge is -2.20. The van der Waals surface area contributed by atoms with Crippen LogP contribution in [0.15, 0.2) is 47.1 Å². The van der Waals surface area contributed by atoms with E-state index in [-0.39, 0.29) is 12.1 Å². The predicted molar refractivity (Wildman–Crippen MR) is 67.2 cm³/mol. The Hall–Kier alpha value is -1.45. The Balaban J connectivity index is 2.16. The highest BCUT2D eigenvalue weighted by atomic mass is 35.5. The topological polar surface area (TPSA) is 48.4 Å². The molecule has 2 N–H and O–H groups in total. The van der Waals surface area contributed by atoms with Crippen molar-refractivity contribution in [3.8, 4) is 5.75 Å². The van der Waals surface area contributed by atoms with Crippen LogP contribution in [-0.4, -0.2) is 6.04 Å². The summed E-state index contributed by atoms with van der Waals surface area (Å²) in [5.41, 5.74) is 5.89. The maximum Gasteiger partial charge on any atom is 0.171 e. The van der Waals surface area contributed by atoms with Gasteiger partial charge < -0.3 is 14.9 Å². The van der Waals surface area contributed by atoms with Crippen LogP contribution in [0, 0.1) is 0 Å². The normalized spacial score (nSPS) is 14.3. The van der Waals surface area contributed by atoms with Crippen molar-refractivity contribution >= 4 is 11.6 Å². The third-order valence-electron chi connectivity index (χ3n) is 2.38. The molecular weight excluding hydrogens is 238 g/mol. The van der Waals surface area contributed by atoms with Gasteiger partial charge in [0.05, 0.1) is 6.26 Å². The van der Waals surface area contributed by atoms with E-state index in [9.17, 15) is 0 Å². The van der Waals surface area contributed by atoms with Gasteiger partial charge in [-0.2, -0.15) is 0 Å². The molecule has 0 fully saturated rings. The maximum absolute atomic E-state index is 5.89. The van der Waals surface area contributed by atoms with E-state index in [1.165, 1.54) is 0 Å². The van der Waals surface area contributed by atoms with Crippen molar-refractivity contribution in [1.29, 1.82) is 0 Å². The number of hydrogen-bond acceptors (Lipinski definition) is 3. The summed E-state index contributed by atoms with van der Waals surface area (Å²) in [5, 5.41) is 0.674. The fraction of sp³-hybridized carbons (Fsp3) is 0.231. The number of rotatable bonds is 4. The molecule has 1 aromatic carbocycles. The Morgan fingerprint density at radius 2 is 1.94 bits per heavy atom. The molecule has 90 valence electrons. The van der Waals surface area contributed by atoms with E-state index in [2.05, 4.69) is 0 Å². The molecule has 2 atom stereocenters. The first-order valence-corrected chi connectivity index (χ1v) is 5.76. The Morgan fingerprint density at radius 3 is 2.47 bits per heavy atom. The van der Waals surface area contributed by atoms with E-state index in [1.807, 2.05) is 19.1 Å². The van der Waals surface area contributed by atoms with Crippen LogP contribution in [0.4, 0.5) is 0 Å². The van der Waals surface area contributed by atoms with E-state index < -0.39 is 0 Å². The van der Waals surface area contributed by atoms with Crippen molar-refractivity contribution in [2.75, 3.05) is 0 Å². The first-order valence-electron chi connectivity index (χ1n) is 5.38. The first kappa shape index (κ1) is 12.0. The zero-order valence-corrected chi connectivity index (χ0v) is 10.2. The van der Waals surface area contributed by atoms with Crippen LogP contribution >= 0.6 is 11.6 Å². The standard InChI is InChI=1S/C13H14ClNO2/c1-9(15)13(12-3-2-8-16-12)17-11-6-4-10(14)5-7-11/h2-9,13H,15H2,1H3. The highest BCUT2D eigenvalue weighted by molar-refractivity contribution is 6.30. The molecule has 17 heavy (non-hydrogen) atoms. The van der Waals surface area contributed by atoms with Gasteiger partial charge in [0.1, 0.15) is 11.5 Å². The Labute approximate surface area is 105 Å². The smallest absolute Gasteiger partial charge is 0.171 e. The summed E-state index contributed by atoms with van der Waals surface area (Å²) in [6, 6.07) is 10.7. The van der Waals surface area contributed by atoms with E-state index in [4.69, 9.17) is 26.5 Å². The molecule has 0 amide bonds. The van der Waals surface area contributed by atoms with E-state index in [0.29, 0.717) is 10.8 Å². The Bertz CT molecular complexity index is 451. The van der Waals surface area contributed by atoms with E-state index >= 15 is 0 Å². The molecule has 0 aliphatic rings. The van der Waals surface area contributed by atoms with E-state index in [0.717, 1.165) is 5.76 Å². The summed E-state index contributed by atoms with van der Waals surface area (Å²) >= 11 is 5.81. The molecule has 0 spiro atoms. The van der Waals surface area contributed by atoms with Crippen molar-refractivity contribution in [3.63, 3.8) is 0 Å². The fourth-order valence-corrected chi connectivity index (χ4v) is 1.66. The minimum Gasteiger partial charge on any atom is -0.481 e. The second-order valence-corrected chi connectivity index (χ2v) is 4.30. The van der Waals surface area contributed by atoms with Crippen LogP contribution in [0.2, 0.25) is 5.02 Å². The van der Waals surface area contributed by atoms with Gasteiger partial charge in [-0.15, -0.1) is 0 Å². The van der Waals surface area contributed by atoms with Gasteiger partial charge in [-0.05, 0) is 43.3 Å². The second kappa shape index (κ2) is 5.25. The maximum atomic E-state index is 5.89. The lowest BCUT2D eigenvalue weighted by molar-refractivity contribution is 0.153. The van der Waals surface area contributed by atoms with Gasteiger partial charge in [0.2, 0.25) is 0 Å². The summed E-state index contributed by atoms with van der Waals surface area (Å²) in [4.78, 5) is 0. The van der Waals surface area contributed by atoms with Crippen molar-refractivity contribution in [1.82, 2.24) is 0 Å². The zero-order valence-electron chi connectivity index (χ0n) is 9.47. The van der Waals surface area contributed by atoms with Gasteiger partial charge in [0.15, 0.2) is 6.10 Å². The van der Waals surface area contributed by atoms with Gasteiger partial charge in [-0.25, -0.2) is 0 Å². The molecule has 3 nitrogen and oxygen atoms in total. The van der Waals surface area contributed by atoms with Crippen molar-refractivity contribution in [3.05, 3.63) is 53.4 Å². The minimum atomic E-state index is -0.300.